The Labute approximate surface area is 903 Å². The fourth-order valence-electron chi connectivity index (χ4n) is 14.7. The van der Waals surface area contributed by atoms with Gasteiger partial charge in [0.05, 0.1) is 73.4 Å². The number of hydrogen-bond donors (Lipinski definition) is 4. The quantitative estimate of drug-likeness (QED) is 0.0146. The Morgan fingerprint density at radius 3 is 1.21 bits per heavy atom. The summed E-state index contributed by atoms with van der Waals surface area (Å²) >= 11 is 38.1. The molecule has 136 heavy (non-hydrogen) atoms. The van der Waals surface area contributed by atoms with Gasteiger partial charge in [0.1, 0.15) is 64.8 Å². The number of hydrogen-bond acceptors (Lipinski definition) is 31. The molecule has 16 rings (SSSR count). The number of aliphatic hydroxyl groups excluding tert-OH is 1. The second-order valence-electron chi connectivity index (χ2n) is 35.6. The summed E-state index contributed by atoms with van der Waals surface area (Å²) in [5.41, 5.74) is 6.30. The Hall–Kier alpha value is -3.71. The fraction of sp³-hybridized carbons (Fsp3) is 0.511. The summed E-state index contributed by atoms with van der Waals surface area (Å²) in [7, 11) is -1.43. The topological polar surface area (TPSA) is 357 Å². The number of nitrogens with two attached hydrogens (primary N) is 1. The third-order valence-corrected chi connectivity index (χ3v) is 34.2. The van der Waals surface area contributed by atoms with E-state index in [0.717, 1.165) is 98.7 Å². The van der Waals surface area contributed by atoms with Crippen LogP contribution in [-0.4, -0.2) is 151 Å². The van der Waals surface area contributed by atoms with Crippen LogP contribution in [0.25, 0.3) is 0 Å². The molecule has 0 bridgehead atoms. The molecule has 3 saturated heterocycles. The number of anilines is 2. The summed E-state index contributed by atoms with van der Waals surface area (Å²) in [5.74, 6) is 5.69. The normalized spacial score (nSPS) is 21.2. The molecule has 1 unspecified atom stereocenters. The molecule has 3 saturated carbocycles. The van der Waals surface area contributed by atoms with Gasteiger partial charge in [-0.2, -0.15) is 6.42 Å². The van der Waals surface area contributed by atoms with Gasteiger partial charge in [0.2, 0.25) is 17.3 Å². The molecule has 3 aliphatic heterocycles. The maximum atomic E-state index is 13.3. The van der Waals surface area contributed by atoms with E-state index in [1.54, 1.807) is 30.7 Å². The number of halogens is 8. The van der Waals surface area contributed by atoms with Crippen molar-refractivity contribution >= 4 is 240 Å². The summed E-state index contributed by atoms with van der Waals surface area (Å²) in [6.45, 7) is 43.7. The van der Waals surface area contributed by atoms with Gasteiger partial charge in [-0.05, 0) is 285 Å². The standard InChI is InChI=1S/C23H32BN3O3S.C17H20BrN3OS.C12H24B2O4.C9H6BrClN2OS.C9H4BrClN2OS.C8H17N.C5H3BrOS.C4H2ClIN2.C4H9.CH4.Li.Mn.2O/c1-7-15-9-17(8-14(15)2)27-21-18(11-25-13-26-21)20(28)19-10-16(12-31-19)24-29-22(3,4)23(5,6)30-24;1-3-11-5-13(4-10(11)2)21-17-14(7-19-9-20-17)16(22)15-6-12(18)8-23-15;1-9(2)10(3,4)16-13(15-9)14-17-11(5,6)12(7,8)18-14;2*10-5-1-7(15-3-5)8(14)6-2-12-4-13-9(6)11;1-3-7-5-8(9)4-6(7)2;6-4-1-5(2-7)8-3-4;5-4-3(6)1-7-2-8-4;1-3-4-2;;;;;/h10-15,17H,7-9H2,1-6H3,(H,25,26,27);6-11,13H,3-5H2,1-2H3,(H,19,20,21);1-8H3;1-4,8,14H;1-4H;6-8H,3-5,9H2,1-2H3;1-3H;1-2H;1,3-4H2,2H3;1H4;;;;/q;;;;;;;;-1;;+1;;;/t14-,15-,17-;10-,11-,13-;;;;6-,7-,8-;;;;;;;;/m00...0......../s1. The zero-order valence-electron chi connectivity index (χ0n) is 79.5. The number of carbonyl (C=O) groups is 4. The molecule has 0 radical (unpaired) electrons. The van der Waals surface area contributed by atoms with E-state index >= 15 is 0 Å². The van der Waals surface area contributed by atoms with Crippen molar-refractivity contribution in [2.75, 3.05) is 10.6 Å². The molecule has 5 N–H and O–H groups in total. The summed E-state index contributed by atoms with van der Waals surface area (Å²) < 4.78 is 57.5. The molecule has 6 fully saturated rings. The molecular weight excluding hydrogens is 2300 g/mol. The van der Waals surface area contributed by atoms with Gasteiger partial charge < -0.3 is 56.3 Å². The van der Waals surface area contributed by atoms with Crippen molar-refractivity contribution in [3.05, 3.63) is 210 Å². The number of unbranched alkanes of at least 4 members (excludes halogenated alkanes) is 1. The molecule has 26 nitrogen and oxygen atoms in total. The molecule has 13 heterocycles. The number of nitrogens with one attached hydrogen (secondary N) is 2. The molecule has 44 heteroatoms. The minimum atomic E-state index is -1.44. The number of aromatic nitrogens is 10. The van der Waals surface area contributed by atoms with Gasteiger partial charge in [0, 0.05) is 99.0 Å². The van der Waals surface area contributed by atoms with Crippen LogP contribution in [0.15, 0.2) is 138 Å². The SMILES string of the molecule is C.CC1(C)OB(B2OC(C)(C)C(C)(C)O2)OC1(C)C.CC[C@H]1C[C@@H](N)C[C@@H]1C.CC[C@H]1C[C@@H](Nc2ncncc2C(=O)c2cc(B3OC(C)(C)C(C)(C)O3)cs2)C[C@@H]1C.CC[C@H]1C[C@@H](Nc2ncncc2C(=O)c2cc(Br)cs2)C[C@@H]1C.Clc1ncncc1I.O=C(c1cc(Br)cs1)c1cncnc1Cl.O=Cc1cc(Br)cs1.OC(c1cc(Br)cs1)c1cncnc1Cl.[CH2-]CCC.[Li+].[O]=[Mn]=[O]. The van der Waals surface area contributed by atoms with Crippen LogP contribution in [0.5, 0.6) is 0 Å². The number of aliphatic hydroxyl groups is 1. The average Bonchev–Trinajstić information content (AvgIpc) is 1.60. The summed E-state index contributed by atoms with van der Waals surface area (Å²) in [6.07, 6.45) is 28.0. The zero-order chi connectivity index (χ0) is 99.4. The zero-order valence-corrected chi connectivity index (χ0v) is 95.5. The van der Waals surface area contributed by atoms with Crippen LogP contribution < -0.4 is 40.7 Å². The first-order valence-electron chi connectivity index (χ1n) is 43.6. The van der Waals surface area contributed by atoms with E-state index in [1.807, 2.05) is 128 Å². The van der Waals surface area contributed by atoms with Crippen molar-refractivity contribution in [2.24, 2.45) is 41.2 Å². The monoisotopic (exact) mass is 2420 g/mol. The molecule has 10 aromatic heterocycles. The van der Waals surface area contributed by atoms with Gasteiger partial charge in [-0.3, -0.25) is 19.2 Å². The van der Waals surface area contributed by atoms with Crippen LogP contribution in [0.3, 0.4) is 0 Å². The van der Waals surface area contributed by atoms with Gasteiger partial charge in [0.25, 0.3) is 0 Å². The Bertz CT molecular complexity index is 5370. The molecule has 735 valence electrons. The molecular formula is C92H121B3Br4Cl3ILiMnN13O13S5. The Balaban J connectivity index is 0.000000281. The summed E-state index contributed by atoms with van der Waals surface area (Å²) in [6, 6.07) is 10.3. The first-order valence-corrected chi connectivity index (χ1v) is 54.4. The van der Waals surface area contributed by atoms with Gasteiger partial charge in [0.15, 0.2) is 6.29 Å². The van der Waals surface area contributed by atoms with Crippen LogP contribution in [0.1, 0.15) is 282 Å². The number of carbonyl (C=O) groups excluding carboxylic acids is 4. The van der Waals surface area contributed by atoms with E-state index in [2.05, 4.69) is 202 Å². The van der Waals surface area contributed by atoms with Crippen molar-refractivity contribution in [2.45, 2.75) is 267 Å². The van der Waals surface area contributed by atoms with E-state index < -0.39 is 53.3 Å². The average molecular weight is 2420 g/mol. The van der Waals surface area contributed by atoms with Gasteiger partial charge >= 0.3 is 62.5 Å². The van der Waals surface area contributed by atoms with Crippen LogP contribution in [0.2, 0.25) is 15.5 Å². The molecule has 10 atom stereocenters. The number of rotatable bonds is 19. The van der Waals surface area contributed by atoms with E-state index in [0.29, 0.717) is 83.6 Å². The molecule has 0 spiro atoms. The second kappa shape index (κ2) is 57.8. The van der Waals surface area contributed by atoms with Crippen molar-refractivity contribution in [1.82, 2.24) is 49.8 Å². The summed E-state index contributed by atoms with van der Waals surface area (Å²) in [5, 5.41) is 27.5. The Morgan fingerprint density at radius 2 is 0.875 bits per heavy atom. The maximum absolute atomic E-state index is 13.3. The van der Waals surface area contributed by atoms with E-state index in [9.17, 15) is 24.3 Å². The van der Waals surface area contributed by atoms with Crippen molar-refractivity contribution in [3.63, 3.8) is 0 Å². The molecule has 0 amide bonds. The Morgan fingerprint density at radius 1 is 0.522 bits per heavy atom. The van der Waals surface area contributed by atoms with Crippen LogP contribution in [0, 0.1) is 46.0 Å². The molecule has 6 aliphatic rings. The van der Waals surface area contributed by atoms with E-state index in [1.165, 1.54) is 139 Å². The van der Waals surface area contributed by atoms with Crippen molar-refractivity contribution in [1.29, 1.82) is 0 Å². The first-order chi connectivity index (χ1) is 63.1. The molecule has 0 aromatic carbocycles. The summed E-state index contributed by atoms with van der Waals surface area (Å²) in [4.78, 5) is 91.0. The van der Waals surface area contributed by atoms with Gasteiger partial charge in [-0.25, -0.2) is 49.8 Å². The van der Waals surface area contributed by atoms with E-state index in [-0.39, 0.29) is 76.3 Å². The third-order valence-electron chi connectivity index (χ3n) is 24.5. The van der Waals surface area contributed by atoms with Crippen LogP contribution >= 0.6 is 178 Å². The number of aldehydes is 1. The number of thiophene rings is 5. The van der Waals surface area contributed by atoms with E-state index in [4.69, 9.17) is 76.1 Å². The number of nitrogens with zero attached hydrogens (tertiary/aromatic N) is 10. The molecule has 10 aromatic rings. The minimum absolute atomic E-state index is 0. The molecule has 3 aliphatic carbocycles. The van der Waals surface area contributed by atoms with Crippen LogP contribution in [-0.2, 0) is 50.4 Å². The Kier molecular flexibility index (Phi) is 52.2. The number of ketones is 3. The van der Waals surface area contributed by atoms with Crippen molar-refractivity contribution in [3.8, 4) is 0 Å². The van der Waals surface area contributed by atoms with Crippen molar-refractivity contribution < 1.29 is 93.6 Å². The fourth-order valence-corrected chi connectivity index (χ4v) is 21.8. The van der Waals surface area contributed by atoms with Gasteiger partial charge in [-0.15, -0.1) is 56.7 Å². The van der Waals surface area contributed by atoms with Gasteiger partial charge in [-0.1, -0.05) is 116 Å². The third kappa shape index (κ3) is 35.9. The predicted molar refractivity (Wildman–Crippen MR) is 566 cm³/mol. The van der Waals surface area contributed by atoms with Crippen LogP contribution in [0.4, 0.5) is 11.6 Å². The second-order valence-corrected chi connectivity index (χ2v) is 46.3. The first kappa shape index (κ1) is 123. The predicted octanol–water partition coefficient (Wildman–Crippen LogP) is 22.4.